The van der Waals surface area contributed by atoms with Gasteiger partial charge in [0.15, 0.2) is 0 Å². The summed E-state index contributed by atoms with van der Waals surface area (Å²) in [5, 5.41) is 15.3. The molecule has 2 aromatic carbocycles. The second-order valence-corrected chi connectivity index (χ2v) is 8.99. The smallest absolute Gasteiger partial charge is 0.253 e. The van der Waals surface area contributed by atoms with Crippen molar-refractivity contribution in [2.45, 2.75) is 39.9 Å². The molecule has 180 valence electrons. The monoisotopic (exact) mass is 473 g/mol. The fourth-order valence-corrected chi connectivity index (χ4v) is 4.23. The average molecular weight is 474 g/mol. The van der Waals surface area contributed by atoms with Crippen molar-refractivity contribution in [1.29, 1.82) is 0 Å². The molecule has 1 aliphatic rings. The third kappa shape index (κ3) is 4.85. The second-order valence-electron chi connectivity index (χ2n) is 8.99. The molecule has 5 rings (SSSR count). The van der Waals surface area contributed by atoms with Crippen LogP contribution in [0.25, 0.3) is 16.9 Å². The molecular formula is C26H28FN7O. The van der Waals surface area contributed by atoms with E-state index in [0.717, 1.165) is 52.1 Å². The molecule has 4 aromatic rings. The zero-order valence-corrected chi connectivity index (χ0v) is 19.8. The minimum absolute atomic E-state index is 0.00827. The Balaban J connectivity index is 1.48. The van der Waals surface area contributed by atoms with Crippen LogP contribution < -0.4 is 16.0 Å². The molecule has 0 unspecified atom stereocenters. The molecule has 0 saturated carbocycles. The number of aromatic nitrogens is 4. The quantitative estimate of drug-likeness (QED) is 0.380. The number of carbonyl (C=O) groups is 1. The van der Waals surface area contributed by atoms with E-state index in [4.69, 9.17) is 9.97 Å². The van der Waals surface area contributed by atoms with E-state index in [1.54, 1.807) is 16.9 Å². The Bertz CT molecular complexity index is 1380. The summed E-state index contributed by atoms with van der Waals surface area (Å²) in [6.07, 6.45) is 2.59. The molecule has 0 aliphatic carbocycles. The van der Waals surface area contributed by atoms with Crippen molar-refractivity contribution in [2.75, 3.05) is 11.9 Å². The number of carbonyl (C=O) groups excluding carboxylic acids is 1. The summed E-state index contributed by atoms with van der Waals surface area (Å²) in [4.78, 5) is 21.7. The van der Waals surface area contributed by atoms with Crippen LogP contribution in [-0.2, 0) is 30.8 Å². The highest BCUT2D eigenvalue weighted by Gasteiger charge is 2.20. The Hall–Kier alpha value is -3.85. The molecule has 0 bridgehead atoms. The average Bonchev–Trinajstić information content (AvgIpc) is 3.30. The van der Waals surface area contributed by atoms with Crippen molar-refractivity contribution in [3.05, 3.63) is 76.9 Å². The van der Waals surface area contributed by atoms with Crippen molar-refractivity contribution in [2.24, 2.45) is 5.92 Å². The maximum absolute atomic E-state index is 13.6. The van der Waals surface area contributed by atoms with Crippen LogP contribution in [0.4, 0.5) is 10.2 Å². The highest BCUT2D eigenvalue weighted by atomic mass is 19.1. The number of halogens is 1. The minimum Gasteiger partial charge on any atom is -0.366 e. The molecule has 9 heteroatoms. The van der Waals surface area contributed by atoms with E-state index in [9.17, 15) is 9.18 Å². The maximum atomic E-state index is 13.6. The fraction of sp³-hybridized carbons (Fsp3) is 0.308. The van der Waals surface area contributed by atoms with Crippen molar-refractivity contribution in [3.8, 4) is 5.95 Å². The van der Waals surface area contributed by atoms with Gasteiger partial charge in [0.25, 0.3) is 5.95 Å². The van der Waals surface area contributed by atoms with E-state index >= 15 is 0 Å². The first-order valence-electron chi connectivity index (χ1n) is 11.8. The summed E-state index contributed by atoms with van der Waals surface area (Å²) in [6, 6.07) is 12.4. The van der Waals surface area contributed by atoms with Gasteiger partial charge in [-0.3, -0.25) is 4.79 Å². The molecule has 1 amide bonds. The van der Waals surface area contributed by atoms with Crippen LogP contribution in [0.1, 0.15) is 36.2 Å². The third-order valence-electron chi connectivity index (χ3n) is 6.14. The van der Waals surface area contributed by atoms with Gasteiger partial charge in [0, 0.05) is 36.5 Å². The lowest BCUT2D eigenvalue weighted by Crippen LogP contribution is -2.27. The number of amides is 1. The molecule has 0 fully saturated rings. The zero-order valence-electron chi connectivity index (χ0n) is 19.8. The van der Waals surface area contributed by atoms with Crippen molar-refractivity contribution in [3.63, 3.8) is 0 Å². The molecule has 0 spiro atoms. The van der Waals surface area contributed by atoms with Gasteiger partial charge in [-0.25, -0.2) is 9.37 Å². The van der Waals surface area contributed by atoms with Gasteiger partial charge in [0.05, 0.1) is 17.4 Å². The molecule has 3 heterocycles. The number of fused-ring (bicyclic) bond motifs is 2. The summed E-state index contributed by atoms with van der Waals surface area (Å²) in [7, 11) is 0. The van der Waals surface area contributed by atoms with Crippen LogP contribution in [0.15, 0.2) is 48.7 Å². The van der Waals surface area contributed by atoms with E-state index in [-0.39, 0.29) is 17.6 Å². The molecule has 8 nitrogen and oxygen atoms in total. The number of nitrogens with one attached hydrogen (secondary N) is 3. The van der Waals surface area contributed by atoms with Gasteiger partial charge in [-0.15, -0.1) is 0 Å². The third-order valence-corrected chi connectivity index (χ3v) is 6.14. The Labute approximate surface area is 203 Å². The summed E-state index contributed by atoms with van der Waals surface area (Å²) in [6.45, 7) is 6.11. The Kier molecular flexibility index (Phi) is 6.41. The predicted octanol–water partition coefficient (Wildman–Crippen LogP) is 3.48. The lowest BCUT2D eigenvalue weighted by molar-refractivity contribution is -0.124. The predicted molar refractivity (Wildman–Crippen MR) is 132 cm³/mol. The molecule has 3 N–H and O–H groups in total. The van der Waals surface area contributed by atoms with Gasteiger partial charge < -0.3 is 16.0 Å². The molecule has 0 atom stereocenters. The maximum Gasteiger partial charge on any atom is 0.253 e. The van der Waals surface area contributed by atoms with Crippen molar-refractivity contribution < 1.29 is 9.18 Å². The topological polar surface area (TPSA) is 96.8 Å². The van der Waals surface area contributed by atoms with E-state index in [1.165, 1.54) is 12.1 Å². The number of hydrogen-bond donors (Lipinski definition) is 3. The lowest BCUT2D eigenvalue weighted by Gasteiger charge is -2.21. The van der Waals surface area contributed by atoms with Crippen LogP contribution in [0.3, 0.4) is 0 Å². The summed E-state index contributed by atoms with van der Waals surface area (Å²) < 4.78 is 15.4. The summed E-state index contributed by atoms with van der Waals surface area (Å²) in [5.74, 6) is 0.872. The van der Waals surface area contributed by atoms with Gasteiger partial charge >= 0.3 is 0 Å². The van der Waals surface area contributed by atoms with E-state index in [2.05, 4.69) is 21.0 Å². The van der Waals surface area contributed by atoms with E-state index in [0.29, 0.717) is 25.6 Å². The van der Waals surface area contributed by atoms with Crippen LogP contribution in [0.2, 0.25) is 0 Å². The van der Waals surface area contributed by atoms with E-state index in [1.807, 2.05) is 38.1 Å². The summed E-state index contributed by atoms with van der Waals surface area (Å²) in [5.41, 5.74) is 4.67. The minimum atomic E-state index is -0.262. The number of nitrogens with zero attached hydrogens (tertiary/aromatic N) is 4. The van der Waals surface area contributed by atoms with Gasteiger partial charge in [-0.05, 0) is 42.3 Å². The van der Waals surface area contributed by atoms with Gasteiger partial charge in [-0.2, -0.15) is 14.8 Å². The number of rotatable bonds is 7. The van der Waals surface area contributed by atoms with Crippen LogP contribution in [-0.4, -0.2) is 32.2 Å². The Morgan fingerprint density at radius 1 is 1.17 bits per heavy atom. The van der Waals surface area contributed by atoms with Crippen molar-refractivity contribution >= 4 is 22.6 Å². The molecular weight excluding hydrogens is 445 g/mol. The molecule has 35 heavy (non-hydrogen) atoms. The number of hydrogen-bond acceptors (Lipinski definition) is 6. The highest BCUT2D eigenvalue weighted by Crippen LogP contribution is 2.25. The second kappa shape index (κ2) is 9.79. The fourth-order valence-electron chi connectivity index (χ4n) is 4.23. The highest BCUT2D eigenvalue weighted by molar-refractivity contribution is 5.84. The van der Waals surface area contributed by atoms with Crippen LogP contribution in [0, 0.1) is 11.7 Å². The number of anilines is 1. The Morgan fingerprint density at radius 2 is 2.03 bits per heavy atom. The summed E-state index contributed by atoms with van der Waals surface area (Å²) >= 11 is 0. The normalized spacial score (nSPS) is 13.1. The first-order valence-corrected chi connectivity index (χ1v) is 11.8. The van der Waals surface area contributed by atoms with Crippen LogP contribution in [0.5, 0.6) is 0 Å². The first kappa shape index (κ1) is 22.9. The molecule has 0 radical (unpaired) electrons. The molecule has 1 aliphatic heterocycles. The SMILES string of the molecule is CC(C)C(=O)NCc1cccc2c1cnn2-c1nc2c(c(NCc3cccc(F)c3)n1)CCNC2. The standard InChI is InChI=1S/C26H28FN7O/c1-16(2)25(35)30-13-18-6-4-8-23-21(18)14-31-34(23)26-32-22-15-28-10-9-20(22)24(33-26)29-12-17-5-3-7-19(27)11-17/h3-8,11,14,16,28H,9-10,12-13,15H2,1-2H3,(H,30,35)(H,29,32,33). The number of benzene rings is 2. The van der Waals surface area contributed by atoms with E-state index < -0.39 is 0 Å². The molecule has 0 saturated heterocycles. The zero-order chi connectivity index (χ0) is 24.4. The van der Waals surface area contributed by atoms with Gasteiger partial charge in [0.2, 0.25) is 5.91 Å². The van der Waals surface area contributed by atoms with Gasteiger partial charge in [0.1, 0.15) is 11.6 Å². The van der Waals surface area contributed by atoms with Crippen molar-refractivity contribution in [1.82, 2.24) is 30.4 Å². The van der Waals surface area contributed by atoms with Gasteiger partial charge in [-0.1, -0.05) is 38.1 Å². The first-order chi connectivity index (χ1) is 17.0. The largest absolute Gasteiger partial charge is 0.366 e. The Morgan fingerprint density at radius 3 is 2.86 bits per heavy atom. The lowest BCUT2D eigenvalue weighted by atomic mass is 10.1. The molecule has 2 aromatic heterocycles. The van der Waals surface area contributed by atoms with Crippen LogP contribution >= 0.6 is 0 Å².